The maximum Gasteiger partial charge on any atom is 0.136 e. The average Bonchev–Trinajstić information content (AvgIpc) is 3.27. The molecule has 0 spiro atoms. The van der Waals surface area contributed by atoms with E-state index in [1.165, 1.54) is 25.7 Å². The van der Waals surface area contributed by atoms with Crippen molar-refractivity contribution in [3.63, 3.8) is 0 Å². The summed E-state index contributed by atoms with van der Waals surface area (Å²) in [6, 6.07) is 0.625. The number of rotatable bonds is 6. The van der Waals surface area contributed by atoms with Gasteiger partial charge in [-0.3, -0.25) is 0 Å². The van der Waals surface area contributed by atoms with E-state index in [4.69, 9.17) is 4.98 Å². The van der Waals surface area contributed by atoms with Crippen molar-refractivity contribution in [2.24, 2.45) is 5.92 Å². The minimum absolute atomic E-state index is 0.597. The Kier molecular flexibility index (Phi) is 3.33. The van der Waals surface area contributed by atoms with Crippen LogP contribution in [0.25, 0.3) is 0 Å². The van der Waals surface area contributed by atoms with E-state index in [9.17, 15) is 0 Å². The zero-order valence-electron chi connectivity index (χ0n) is 12.2. The summed E-state index contributed by atoms with van der Waals surface area (Å²) in [5, 5.41) is 6.98. The first-order valence-corrected chi connectivity index (χ1v) is 7.61. The van der Waals surface area contributed by atoms with E-state index < -0.39 is 0 Å². The molecule has 2 N–H and O–H groups in total. The van der Waals surface area contributed by atoms with Gasteiger partial charge in [0.25, 0.3) is 0 Å². The molecule has 1 aromatic heterocycles. The third-order valence-electron chi connectivity index (χ3n) is 4.22. The van der Waals surface area contributed by atoms with Crippen LogP contribution >= 0.6 is 0 Å². The van der Waals surface area contributed by atoms with E-state index in [1.807, 2.05) is 0 Å². The van der Waals surface area contributed by atoms with Gasteiger partial charge in [0, 0.05) is 24.1 Å². The van der Waals surface area contributed by atoms with Crippen molar-refractivity contribution < 1.29 is 0 Å². The Hall–Kier alpha value is -1.32. The Labute approximate surface area is 115 Å². The Balaban J connectivity index is 1.83. The lowest BCUT2D eigenvalue weighted by Gasteiger charge is -2.14. The van der Waals surface area contributed by atoms with Crippen LogP contribution in [0.15, 0.2) is 0 Å². The molecule has 0 radical (unpaired) electrons. The minimum atomic E-state index is 0.597. The lowest BCUT2D eigenvalue weighted by atomic mass is 10.2. The molecule has 2 aliphatic rings. The van der Waals surface area contributed by atoms with Gasteiger partial charge in [0.05, 0.1) is 0 Å². The maximum atomic E-state index is 4.76. The molecular weight excluding hydrogens is 236 g/mol. The SMILES string of the molecule is CCNc1nc(C2CC2)nc(NC2CC2CC)c1C. The highest BCUT2D eigenvalue weighted by Crippen LogP contribution is 2.41. The van der Waals surface area contributed by atoms with Crippen molar-refractivity contribution in [2.75, 3.05) is 17.2 Å². The first kappa shape index (κ1) is 12.7. The summed E-state index contributed by atoms with van der Waals surface area (Å²) in [6.07, 6.45) is 5.04. The fraction of sp³-hybridized carbons (Fsp3) is 0.733. The molecule has 0 amide bonds. The monoisotopic (exact) mass is 260 g/mol. The van der Waals surface area contributed by atoms with E-state index in [0.717, 1.165) is 35.5 Å². The molecule has 0 bridgehead atoms. The number of nitrogens with zero attached hydrogens (tertiary/aromatic N) is 2. The highest BCUT2D eigenvalue weighted by atomic mass is 15.1. The molecule has 2 saturated carbocycles. The molecule has 0 aliphatic heterocycles. The average molecular weight is 260 g/mol. The molecule has 2 fully saturated rings. The third-order valence-corrected chi connectivity index (χ3v) is 4.22. The molecule has 0 saturated heterocycles. The molecule has 4 nitrogen and oxygen atoms in total. The van der Waals surface area contributed by atoms with E-state index in [-0.39, 0.29) is 0 Å². The highest BCUT2D eigenvalue weighted by Gasteiger charge is 2.36. The van der Waals surface area contributed by atoms with Crippen molar-refractivity contribution in [3.05, 3.63) is 11.4 Å². The van der Waals surface area contributed by atoms with Crippen LogP contribution in [0.5, 0.6) is 0 Å². The molecule has 19 heavy (non-hydrogen) atoms. The standard InChI is InChI=1S/C15H24N4/c1-4-10-8-12(10)17-14-9(3)13(16-5-2)18-15(19-14)11-6-7-11/h10-12H,4-8H2,1-3H3,(H2,16,17,18,19). The third kappa shape index (κ3) is 2.67. The fourth-order valence-electron chi connectivity index (χ4n) is 2.59. The van der Waals surface area contributed by atoms with Crippen LogP contribution in [0.3, 0.4) is 0 Å². The number of hydrogen-bond acceptors (Lipinski definition) is 4. The molecule has 2 atom stereocenters. The Morgan fingerprint density at radius 1 is 1.16 bits per heavy atom. The lowest BCUT2D eigenvalue weighted by Crippen LogP contribution is -2.13. The zero-order valence-corrected chi connectivity index (χ0v) is 12.2. The van der Waals surface area contributed by atoms with Crippen molar-refractivity contribution >= 4 is 11.6 Å². The van der Waals surface area contributed by atoms with E-state index in [1.54, 1.807) is 0 Å². The van der Waals surface area contributed by atoms with Gasteiger partial charge in [0.15, 0.2) is 0 Å². The molecule has 1 aromatic rings. The number of hydrogen-bond donors (Lipinski definition) is 2. The highest BCUT2D eigenvalue weighted by molar-refractivity contribution is 5.58. The Morgan fingerprint density at radius 2 is 1.89 bits per heavy atom. The molecule has 2 unspecified atom stereocenters. The van der Waals surface area contributed by atoms with Gasteiger partial charge in [-0.15, -0.1) is 0 Å². The topological polar surface area (TPSA) is 49.8 Å². The van der Waals surface area contributed by atoms with Gasteiger partial charge in [0.1, 0.15) is 17.5 Å². The second-order valence-corrected chi connectivity index (χ2v) is 5.86. The van der Waals surface area contributed by atoms with Gasteiger partial charge in [-0.25, -0.2) is 9.97 Å². The summed E-state index contributed by atoms with van der Waals surface area (Å²) in [7, 11) is 0. The van der Waals surface area contributed by atoms with Crippen LogP contribution in [0.4, 0.5) is 11.6 Å². The molecule has 2 aliphatic carbocycles. The smallest absolute Gasteiger partial charge is 0.136 e. The summed E-state index contributed by atoms with van der Waals surface area (Å²) < 4.78 is 0. The minimum Gasteiger partial charge on any atom is -0.370 e. The Morgan fingerprint density at radius 3 is 2.47 bits per heavy atom. The number of anilines is 2. The van der Waals surface area contributed by atoms with Gasteiger partial charge in [0.2, 0.25) is 0 Å². The summed E-state index contributed by atoms with van der Waals surface area (Å²) >= 11 is 0. The fourth-order valence-corrected chi connectivity index (χ4v) is 2.59. The van der Waals surface area contributed by atoms with Gasteiger partial charge >= 0.3 is 0 Å². The van der Waals surface area contributed by atoms with E-state index >= 15 is 0 Å². The first-order chi connectivity index (χ1) is 9.22. The van der Waals surface area contributed by atoms with Crippen LogP contribution in [-0.4, -0.2) is 22.6 Å². The van der Waals surface area contributed by atoms with Crippen molar-refractivity contribution in [1.29, 1.82) is 0 Å². The van der Waals surface area contributed by atoms with E-state index in [0.29, 0.717) is 12.0 Å². The van der Waals surface area contributed by atoms with Crippen LogP contribution in [0.1, 0.15) is 56.8 Å². The van der Waals surface area contributed by atoms with Crippen LogP contribution in [-0.2, 0) is 0 Å². The molecular formula is C15H24N4. The van der Waals surface area contributed by atoms with Gasteiger partial charge in [-0.2, -0.15) is 0 Å². The predicted octanol–water partition coefficient (Wildman–Crippen LogP) is 3.30. The van der Waals surface area contributed by atoms with Crippen LogP contribution < -0.4 is 10.6 Å². The number of nitrogens with one attached hydrogen (secondary N) is 2. The quantitative estimate of drug-likeness (QED) is 0.824. The predicted molar refractivity (Wildman–Crippen MR) is 78.7 cm³/mol. The van der Waals surface area contributed by atoms with Crippen LogP contribution in [0, 0.1) is 12.8 Å². The van der Waals surface area contributed by atoms with Gasteiger partial charge in [-0.1, -0.05) is 13.3 Å². The second kappa shape index (κ2) is 4.99. The summed E-state index contributed by atoms with van der Waals surface area (Å²) in [6.45, 7) is 7.39. The Bertz CT molecular complexity index is 467. The van der Waals surface area contributed by atoms with Crippen LogP contribution in [0.2, 0.25) is 0 Å². The van der Waals surface area contributed by atoms with Gasteiger partial charge in [-0.05, 0) is 39.0 Å². The summed E-state index contributed by atoms with van der Waals surface area (Å²) in [4.78, 5) is 9.45. The summed E-state index contributed by atoms with van der Waals surface area (Å²) in [5.41, 5.74) is 1.16. The maximum absolute atomic E-state index is 4.76. The molecule has 0 aromatic carbocycles. The molecule has 104 valence electrons. The second-order valence-electron chi connectivity index (χ2n) is 5.86. The van der Waals surface area contributed by atoms with Crippen molar-refractivity contribution in [1.82, 2.24) is 9.97 Å². The van der Waals surface area contributed by atoms with Gasteiger partial charge < -0.3 is 10.6 Å². The van der Waals surface area contributed by atoms with E-state index in [2.05, 4.69) is 36.4 Å². The summed E-state index contributed by atoms with van der Waals surface area (Å²) in [5.74, 6) is 4.52. The molecule has 3 rings (SSSR count). The van der Waals surface area contributed by atoms with Crippen molar-refractivity contribution in [3.8, 4) is 0 Å². The number of aromatic nitrogens is 2. The largest absolute Gasteiger partial charge is 0.370 e. The zero-order chi connectivity index (χ0) is 13.4. The normalized spacial score (nSPS) is 25.2. The van der Waals surface area contributed by atoms with Crippen molar-refractivity contribution in [2.45, 2.75) is 58.4 Å². The molecule has 4 heteroatoms. The molecule has 1 heterocycles. The first-order valence-electron chi connectivity index (χ1n) is 7.61. The lowest BCUT2D eigenvalue weighted by molar-refractivity contribution is 0.771.